The Morgan fingerprint density at radius 1 is 0.949 bits per heavy atom. The summed E-state index contributed by atoms with van der Waals surface area (Å²) in [7, 11) is -2.76. The van der Waals surface area contributed by atoms with E-state index in [-0.39, 0.29) is 23.1 Å². The number of aliphatic hydroxyl groups is 2. The van der Waals surface area contributed by atoms with Crippen molar-refractivity contribution in [2.75, 3.05) is 6.61 Å². The van der Waals surface area contributed by atoms with Crippen molar-refractivity contribution < 1.29 is 19.7 Å². The van der Waals surface area contributed by atoms with Crippen molar-refractivity contribution >= 4 is 30.3 Å². The van der Waals surface area contributed by atoms with Gasteiger partial charge in [-0.3, -0.25) is 0 Å². The van der Waals surface area contributed by atoms with Gasteiger partial charge >= 0.3 is 0 Å². The first-order chi connectivity index (χ1) is 18.5. The Bertz CT molecular complexity index is 1220. The predicted molar refractivity (Wildman–Crippen MR) is 163 cm³/mol. The van der Waals surface area contributed by atoms with E-state index in [0.717, 1.165) is 5.57 Å². The fourth-order valence-electron chi connectivity index (χ4n) is 4.83. The molecule has 3 rings (SSSR count). The molecule has 0 amide bonds. The highest BCUT2D eigenvalue weighted by Crippen LogP contribution is 2.37. The maximum Gasteiger partial charge on any atom is 0.261 e. The summed E-state index contributed by atoms with van der Waals surface area (Å²) in [6.45, 7) is 11.0. The molecule has 0 saturated heterocycles. The summed E-state index contributed by atoms with van der Waals surface area (Å²) in [5, 5.41) is 33.6. The van der Waals surface area contributed by atoms with Gasteiger partial charge < -0.3 is 19.7 Å². The quantitative estimate of drug-likeness (QED) is 0.183. The minimum Gasteiger partial charge on any atom is -0.508 e. The van der Waals surface area contributed by atoms with Gasteiger partial charge in [-0.15, -0.1) is 5.73 Å². The van der Waals surface area contributed by atoms with Crippen molar-refractivity contribution in [1.82, 2.24) is 0 Å². The summed E-state index contributed by atoms with van der Waals surface area (Å²) in [6, 6.07) is 25.5. The molecule has 2 atom stereocenters. The average Bonchev–Trinajstić information content (AvgIpc) is 2.89. The van der Waals surface area contributed by atoms with E-state index in [2.05, 4.69) is 75.0 Å². The summed E-state index contributed by atoms with van der Waals surface area (Å²) in [6.07, 6.45) is 1.10. The van der Waals surface area contributed by atoms with Crippen LogP contribution in [0.25, 0.3) is 0 Å². The predicted octanol–water partition coefficient (Wildman–Crippen LogP) is 6.53. The van der Waals surface area contributed by atoms with Crippen LogP contribution in [-0.2, 0) is 4.43 Å². The Morgan fingerprint density at radius 2 is 1.51 bits per heavy atom. The van der Waals surface area contributed by atoms with Gasteiger partial charge in [0.2, 0.25) is 0 Å². The smallest absolute Gasteiger partial charge is 0.261 e. The second-order valence-electron chi connectivity index (χ2n) is 11.4. The lowest BCUT2D eigenvalue weighted by Gasteiger charge is -2.43. The first-order valence-corrected chi connectivity index (χ1v) is 15.8. The zero-order chi connectivity index (χ0) is 28.6. The summed E-state index contributed by atoms with van der Waals surface area (Å²) in [4.78, 5) is 0. The zero-order valence-corrected chi connectivity index (χ0v) is 25.3. The second-order valence-corrected chi connectivity index (χ2v) is 16.1. The molecule has 4 nitrogen and oxygen atoms in total. The van der Waals surface area contributed by atoms with Crippen LogP contribution in [0.4, 0.5) is 0 Å². The van der Waals surface area contributed by atoms with Gasteiger partial charge in [0, 0.05) is 12.8 Å². The highest BCUT2D eigenvalue weighted by molar-refractivity contribution is 6.99. The lowest BCUT2D eigenvalue weighted by Crippen LogP contribution is -2.66. The highest BCUT2D eigenvalue weighted by atomic mass is 35.5. The third kappa shape index (κ3) is 7.73. The normalized spacial score (nSPS) is 13.6. The summed E-state index contributed by atoms with van der Waals surface area (Å²) >= 11 is 6.22. The molecule has 0 aliphatic rings. The monoisotopic (exact) mass is 564 g/mol. The molecule has 0 bridgehead atoms. The molecule has 3 aromatic rings. The molecule has 0 heterocycles. The third-order valence-electron chi connectivity index (χ3n) is 7.10. The summed E-state index contributed by atoms with van der Waals surface area (Å²) in [5.74, 6) is 0.132. The first-order valence-electron chi connectivity index (χ1n) is 13.5. The van der Waals surface area contributed by atoms with Crippen LogP contribution in [-0.4, -0.2) is 36.3 Å². The summed E-state index contributed by atoms with van der Waals surface area (Å²) < 4.78 is 7.08. The molecule has 39 heavy (non-hydrogen) atoms. The largest absolute Gasteiger partial charge is 0.508 e. The van der Waals surface area contributed by atoms with Crippen LogP contribution in [0.3, 0.4) is 0 Å². The SMILES string of the molecule is CC(C)[C@H](O)CC(=C=CC[C@@H](O)c1ccc(O)cc1Cl)CO[Si](c1ccccc1)(c1ccccc1)C(C)(C)C. The van der Waals surface area contributed by atoms with Gasteiger partial charge in [0.1, 0.15) is 5.75 Å². The molecular formula is C33H41ClO4Si. The van der Waals surface area contributed by atoms with E-state index in [1.54, 1.807) is 12.1 Å². The number of hydrogen-bond acceptors (Lipinski definition) is 4. The molecule has 0 aliphatic carbocycles. The molecule has 0 saturated carbocycles. The molecule has 0 fully saturated rings. The molecule has 0 aliphatic heterocycles. The number of rotatable bonds is 11. The molecule has 0 unspecified atom stereocenters. The fourth-order valence-corrected chi connectivity index (χ4v) is 9.68. The van der Waals surface area contributed by atoms with Gasteiger partial charge in [0.25, 0.3) is 8.32 Å². The van der Waals surface area contributed by atoms with E-state index < -0.39 is 20.5 Å². The molecule has 0 radical (unpaired) electrons. The Balaban J connectivity index is 1.99. The van der Waals surface area contributed by atoms with Gasteiger partial charge in [-0.05, 0) is 50.7 Å². The maximum absolute atomic E-state index is 10.8. The van der Waals surface area contributed by atoms with Crippen molar-refractivity contribution in [1.29, 1.82) is 0 Å². The average molecular weight is 565 g/mol. The van der Waals surface area contributed by atoms with Gasteiger partial charge in [-0.1, -0.05) is 113 Å². The standard InChI is InChI=1S/C33H41ClO4Si/c1-24(2)32(37)21-25(13-12-18-31(36)29-20-19-26(35)22-30(29)34)23-38-39(33(3,4)5,27-14-8-6-9-15-27)28-16-10-7-11-17-28/h6-12,14-17,19-20,22,24,31-32,35-37H,18,21,23H2,1-5H3/t13?,31-,32-/m1/s1. The second kappa shape index (κ2) is 13.6. The lowest BCUT2D eigenvalue weighted by atomic mass is 10.00. The van der Waals surface area contributed by atoms with E-state index in [0.29, 0.717) is 23.6 Å². The number of halogens is 1. The molecular weight excluding hydrogens is 524 g/mol. The van der Waals surface area contributed by atoms with Gasteiger partial charge in [-0.2, -0.15) is 0 Å². The minimum atomic E-state index is -2.76. The van der Waals surface area contributed by atoms with E-state index in [1.165, 1.54) is 22.5 Å². The van der Waals surface area contributed by atoms with E-state index in [9.17, 15) is 15.3 Å². The minimum absolute atomic E-state index is 0.0526. The van der Waals surface area contributed by atoms with Crippen molar-refractivity contribution in [3.8, 4) is 5.75 Å². The molecule has 6 heteroatoms. The number of benzene rings is 3. The van der Waals surface area contributed by atoms with Crippen LogP contribution < -0.4 is 10.4 Å². The van der Waals surface area contributed by atoms with Gasteiger partial charge in [-0.25, -0.2) is 0 Å². The van der Waals surface area contributed by atoms with Gasteiger partial charge in [0.15, 0.2) is 0 Å². The molecule has 3 N–H and O–H groups in total. The van der Waals surface area contributed by atoms with Crippen LogP contribution >= 0.6 is 11.6 Å². The third-order valence-corrected chi connectivity index (χ3v) is 12.4. The Labute approximate surface area is 239 Å². The van der Waals surface area contributed by atoms with E-state index in [1.807, 2.05) is 26.0 Å². The van der Waals surface area contributed by atoms with Gasteiger partial charge in [0.05, 0.1) is 23.8 Å². The molecule has 0 spiro atoms. The topological polar surface area (TPSA) is 69.9 Å². The van der Waals surface area contributed by atoms with Crippen molar-refractivity contribution in [3.63, 3.8) is 0 Å². The van der Waals surface area contributed by atoms with E-state index >= 15 is 0 Å². The lowest BCUT2D eigenvalue weighted by molar-refractivity contribution is 0.122. The van der Waals surface area contributed by atoms with Crippen LogP contribution in [0.1, 0.15) is 59.1 Å². The number of phenols is 1. The van der Waals surface area contributed by atoms with Crippen LogP contribution in [0.15, 0.2) is 96.2 Å². The molecule has 3 aromatic carbocycles. The maximum atomic E-state index is 10.8. The first kappa shape index (κ1) is 30.9. The molecule has 208 valence electrons. The van der Waals surface area contributed by atoms with Crippen molar-refractivity contribution in [2.45, 2.75) is 64.7 Å². The zero-order valence-electron chi connectivity index (χ0n) is 23.6. The Hall–Kier alpha value is -2.63. The number of hydrogen-bond donors (Lipinski definition) is 3. The van der Waals surface area contributed by atoms with Crippen molar-refractivity contribution in [3.05, 3.63) is 107 Å². The highest BCUT2D eigenvalue weighted by Gasteiger charge is 2.50. The Kier molecular flexibility index (Phi) is 10.8. The number of aliphatic hydroxyl groups excluding tert-OH is 2. The summed E-state index contributed by atoms with van der Waals surface area (Å²) in [5.41, 5.74) is 4.72. The Morgan fingerprint density at radius 3 is 2.00 bits per heavy atom. The van der Waals surface area contributed by atoms with Crippen LogP contribution in [0.5, 0.6) is 5.75 Å². The van der Waals surface area contributed by atoms with Crippen molar-refractivity contribution in [2.24, 2.45) is 5.92 Å². The molecule has 0 aromatic heterocycles. The number of phenolic OH excluding ortho intramolecular Hbond substituents is 1. The fraction of sp³-hybridized carbons (Fsp3) is 0.364. The number of aromatic hydroxyl groups is 1. The van der Waals surface area contributed by atoms with Crippen LogP contribution in [0.2, 0.25) is 10.1 Å². The van der Waals surface area contributed by atoms with Crippen LogP contribution in [0, 0.1) is 5.92 Å². The van der Waals surface area contributed by atoms with E-state index in [4.69, 9.17) is 16.0 Å².